The molecular formula is C16H23NO4. The summed E-state index contributed by atoms with van der Waals surface area (Å²) >= 11 is 0. The molecule has 5 heteroatoms. The molecule has 0 aliphatic rings. The molecule has 0 aliphatic heterocycles. The Morgan fingerprint density at radius 1 is 1.29 bits per heavy atom. The predicted molar refractivity (Wildman–Crippen MR) is 80.5 cm³/mol. The summed E-state index contributed by atoms with van der Waals surface area (Å²) in [6, 6.07) is 7.47. The van der Waals surface area contributed by atoms with E-state index in [2.05, 4.69) is 5.32 Å². The Balaban J connectivity index is 2.32. The monoisotopic (exact) mass is 293 g/mol. The Labute approximate surface area is 125 Å². The van der Waals surface area contributed by atoms with Crippen molar-refractivity contribution in [2.24, 2.45) is 0 Å². The molecule has 0 saturated heterocycles. The van der Waals surface area contributed by atoms with Crippen molar-refractivity contribution in [2.45, 2.75) is 38.5 Å². The van der Waals surface area contributed by atoms with Crippen LogP contribution in [-0.2, 0) is 9.59 Å². The lowest BCUT2D eigenvalue weighted by Crippen LogP contribution is -2.28. The van der Waals surface area contributed by atoms with Crippen LogP contribution in [0.5, 0.6) is 5.75 Å². The van der Waals surface area contributed by atoms with Crippen LogP contribution in [-0.4, -0.2) is 30.6 Å². The van der Waals surface area contributed by atoms with Crippen molar-refractivity contribution in [1.29, 1.82) is 0 Å². The molecule has 2 N–H and O–H groups in total. The summed E-state index contributed by atoms with van der Waals surface area (Å²) in [5.74, 6) is -0.299. The molecular weight excluding hydrogens is 270 g/mol. The van der Waals surface area contributed by atoms with Crippen LogP contribution < -0.4 is 10.1 Å². The molecule has 1 atom stereocenters. The van der Waals surface area contributed by atoms with Crippen LogP contribution in [0.1, 0.15) is 44.1 Å². The zero-order chi connectivity index (χ0) is 15.7. The molecule has 1 unspecified atom stereocenters. The second-order valence-corrected chi connectivity index (χ2v) is 4.99. The third kappa shape index (κ3) is 6.29. The van der Waals surface area contributed by atoms with Gasteiger partial charge in [-0.05, 0) is 37.5 Å². The van der Waals surface area contributed by atoms with E-state index in [1.165, 1.54) is 0 Å². The quantitative estimate of drug-likeness (QED) is 0.686. The molecule has 0 heterocycles. The minimum absolute atomic E-state index is 0.0264. The molecule has 0 aromatic heterocycles. The largest absolute Gasteiger partial charge is 0.497 e. The fraction of sp³-hybridized carbons (Fsp3) is 0.500. The number of amides is 1. The second-order valence-electron chi connectivity index (χ2n) is 4.99. The SMILES string of the molecule is COc1cccc(C(C)C(=O)NCCCCCC(=O)O)c1. The van der Waals surface area contributed by atoms with E-state index in [-0.39, 0.29) is 18.2 Å². The van der Waals surface area contributed by atoms with Crippen LogP contribution in [0.3, 0.4) is 0 Å². The van der Waals surface area contributed by atoms with E-state index >= 15 is 0 Å². The number of rotatable bonds is 9. The van der Waals surface area contributed by atoms with Gasteiger partial charge in [-0.2, -0.15) is 0 Å². The van der Waals surface area contributed by atoms with Crippen LogP contribution in [0.4, 0.5) is 0 Å². The maximum Gasteiger partial charge on any atom is 0.303 e. The normalized spacial score (nSPS) is 11.7. The highest BCUT2D eigenvalue weighted by atomic mass is 16.5. The van der Waals surface area contributed by atoms with Crippen molar-refractivity contribution >= 4 is 11.9 Å². The molecule has 1 aromatic rings. The number of aliphatic carboxylic acids is 1. The maximum absolute atomic E-state index is 12.0. The lowest BCUT2D eigenvalue weighted by molar-refractivity contribution is -0.137. The van der Waals surface area contributed by atoms with Crippen LogP contribution in [0.25, 0.3) is 0 Å². The van der Waals surface area contributed by atoms with Crippen molar-refractivity contribution in [2.75, 3.05) is 13.7 Å². The van der Waals surface area contributed by atoms with Gasteiger partial charge in [0, 0.05) is 13.0 Å². The number of hydrogen-bond donors (Lipinski definition) is 2. The van der Waals surface area contributed by atoms with E-state index in [4.69, 9.17) is 9.84 Å². The van der Waals surface area contributed by atoms with Crippen molar-refractivity contribution in [1.82, 2.24) is 5.32 Å². The first-order valence-corrected chi connectivity index (χ1v) is 7.18. The first kappa shape index (κ1) is 17.0. The smallest absolute Gasteiger partial charge is 0.303 e. The highest BCUT2D eigenvalue weighted by Gasteiger charge is 2.15. The topological polar surface area (TPSA) is 75.6 Å². The Morgan fingerprint density at radius 2 is 2.05 bits per heavy atom. The van der Waals surface area contributed by atoms with E-state index in [1.54, 1.807) is 7.11 Å². The standard InChI is InChI=1S/C16H23NO4/c1-12(13-7-6-8-14(11-13)21-2)16(20)17-10-5-3-4-9-15(18)19/h6-8,11-12H,3-5,9-10H2,1-2H3,(H,17,20)(H,18,19). The fourth-order valence-electron chi connectivity index (χ4n) is 2.00. The molecule has 5 nitrogen and oxygen atoms in total. The molecule has 1 aromatic carbocycles. The van der Waals surface area contributed by atoms with Gasteiger partial charge < -0.3 is 15.2 Å². The van der Waals surface area contributed by atoms with Gasteiger partial charge in [-0.25, -0.2) is 0 Å². The number of unbranched alkanes of at least 4 members (excludes halogenated alkanes) is 2. The van der Waals surface area contributed by atoms with Crippen molar-refractivity contribution < 1.29 is 19.4 Å². The van der Waals surface area contributed by atoms with Gasteiger partial charge in [-0.1, -0.05) is 18.6 Å². The average molecular weight is 293 g/mol. The van der Waals surface area contributed by atoms with Gasteiger partial charge in [0.2, 0.25) is 5.91 Å². The van der Waals surface area contributed by atoms with E-state index < -0.39 is 5.97 Å². The number of carboxylic acid groups (broad SMARTS) is 1. The summed E-state index contributed by atoms with van der Waals surface area (Å²) in [5.41, 5.74) is 0.915. The lowest BCUT2D eigenvalue weighted by atomic mass is 10.00. The van der Waals surface area contributed by atoms with Crippen LogP contribution in [0.15, 0.2) is 24.3 Å². The number of carboxylic acids is 1. The van der Waals surface area contributed by atoms with E-state index in [0.717, 1.165) is 24.2 Å². The van der Waals surface area contributed by atoms with Crippen molar-refractivity contribution in [3.63, 3.8) is 0 Å². The predicted octanol–water partition coefficient (Wildman–Crippen LogP) is 2.56. The Kier molecular flexibility index (Phi) is 7.29. The molecule has 0 spiro atoms. The molecule has 1 amide bonds. The van der Waals surface area contributed by atoms with Crippen molar-refractivity contribution in [3.05, 3.63) is 29.8 Å². The number of methoxy groups -OCH3 is 1. The zero-order valence-corrected chi connectivity index (χ0v) is 12.6. The zero-order valence-electron chi connectivity index (χ0n) is 12.6. The number of benzene rings is 1. The van der Waals surface area contributed by atoms with Crippen LogP contribution in [0, 0.1) is 0 Å². The van der Waals surface area contributed by atoms with E-state index in [0.29, 0.717) is 13.0 Å². The number of nitrogens with one attached hydrogen (secondary N) is 1. The molecule has 1 rings (SSSR count). The van der Waals surface area contributed by atoms with Crippen LogP contribution >= 0.6 is 0 Å². The van der Waals surface area contributed by atoms with Gasteiger partial charge >= 0.3 is 5.97 Å². The summed E-state index contributed by atoms with van der Waals surface area (Å²) in [4.78, 5) is 22.4. The highest BCUT2D eigenvalue weighted by molar-refractivity contribution is 5.83. The van der Waals surface area contributed by atoms with Gasteiger partial charge in [-0.3, -0.25) is 9.59 Å². The summed E-state index contributed by atoms with van der Waals surface area (Å²) in [5, 5.41) is 11.4. The molecule has 0 radical (unpaired) electrons. The molecule has 21 heavy (non-hydrogen) atoms. The minimum atomic E-state index is -0.773. The second kappa shape index (κ2) is 9.00. The number of ether oxygens (including phenoxy) is 1. The maximum atomic E-state index is 12.0. The fourth-order valence-corrected chi connectivity index (χ4v) is 2.00. The number of hydrogen-bond acceptors (Lipinski definition) is 3. The van der Waals surface area contributed by atoms with E-state index in [9.17, 15) is 9.59 Å². The third-order valence-electron chi connectivity index (χ3n) is 3.35. The summed E-state index contributed by atoms with van der Waals surface area (Å²) in [6.45, 7) is 2.43. The Hall–Kier alpha value is -2.04. The first-order chi connectivity index (χ1) is 10.0. The highest BCUT2D eigenvalue weighted by Crippen LogP contribution is 2.20. The Morgan fingerprint density at radius 3 is 2.71 bits per heavy atom. The summed E-state index contributed by atoms with van der Waals surface area (Å²) < 4.78 is 5.15. The van der Waals surface area contributed by atoms with Gasteiger partial charge in [0.1, 0.15) is 5.75 Å². The molecule has 0 saturated carbocycles. The van der Waals surface area contributed by atoms with Gasteiger partial charge in [0.25, 0.3) is 0 Å². The molecule has 0 aliphatic carbocycles. The van der Waals surface area contributed by atoms with E-state index in [1.807, 2.05) is 31.2 Å². The van der Waals surface area contributed by atoms with Gasteiger partial charge in [0.05, 0.1) is 13.0 Å². The number of carbonyl (C=O) groups excluding carboxylic acids is 1. The summed E-state index contributed by atoms with van der Waals surface area (Å²) in [7, 11) is 1.60. The van der Waals surface area contributed by atoms with Gasteiger partial charge in [0.15, 0.2) is 0 Å². The average Bonchev–Trinajstić information content (AvgIpc) is 2.49. The number of carbonyl (C=O) groups is 2. The lowest BCUT2D eigenvalue weighted by Gasteiger charge is -2.13. The van der Waals surface area contributed by atoms with Crippen LogP contribution in [0.2, 0.25) is 0 Å². The molecule has 116 valence electrons. The minimum Gasteiger partial charge on any atom is -0.497 e. The van der Waals surface area contributed by atoms with Gasteiger partial charge in [-0.15, -0.1) is 0 Å². The molecule has 0 bridgehead atoms. The van der Waals surface area contributed by atoms with Crippen molar-refractivity contribution in [3.8, 4) is 5.75 Å². The summed E-state index contributed by atoms with van der Waals surface area (Å²) in [6.07, 6.45) is 2.44. The Bertz CT molecular complexity index is 473. The first-order valence-electron chi connectivity index (χ1n) is 7.18. The molecule has 0 fully saturated rings. The third-order valence-corrected chi connectivity index (χ3v) is 3.35.